The minimum Gasteiger partial charge on any atom is -0.299 e. The second-order valence-corrected chi connectivity index (χ2v) is 4.07. The molecular formula is C11H14ClN. The molecule has 13 heavy (non-hydrogen) atoms. The van der Waals surface area contributed by atoms with E-state index in [2.05, 4.69) is 24.1 Å². The number of nitrogens with zero attached hydrogens (tertiary/aromatic N) is 1. The highest BCUT2D eigenvalue weighted by Crippen LogP contribution is 2.34. The highest BCUT2D eigenvalue weighted by atomic mass is 35.5. The van der Waals surface area contributed by atoms with Gasteiger partial charge in [0, 0.05) is 11.1 Å². The van der Waals surface area contributed by atoms with E-state index >= 15 is 0 Å². The van der Waals surface area contributed by atoms with Gasteiger partial charge < -0.3 is 0 Å². The van der Waals surface area contributed by atoms with E-state index in [4.69, 9.17) is 11.6 Å². The van der Waals surface area contributed by atoms with Crippen molar-refractivity contribution in [3.05, 3.63) is 34.9 Å². The predicted molar refractivity (Wildman–Crippen MR) is 56.1 cm³/mol. The number of hydrogen-bond acceptors (Lipinski definition) is 1. The van der Waals surface area contributed by atoms with Gasteiger partial charge in [-0.3, -0.25) is 4.90 Å². The van der Waals surface area contributed by atoms with Crippen LogP contribution in [0.4, 0.5) is 0 Å². The fourth-order valence-electron chi connectivity index (χ4n) is 2.05. The van der Waals surface area contributed by atoms with Crippen LogP contribution in [0.1, 0.15) is 24.4 Å². The van der Waals surface area contributed by atoms with Crippen molar-refractivity contribution in [3.63, 3.8) is 0 Å². The summed E-state index contributed by atoms with van der Waals surface area (Å²) in [6, 6.07) is 8.69. The Morgan fingerprint density at radius 2 is 2.15 bits per heavy atom. The molecular weight excluding hydrogens is 182 g/mol. The van der Waals surface area contributed by atoms with Crippen molar-refractivity contribution < 1.29 is 0 Å². The van der Waals surface area contributed by atoms with Crippen molar-refractivity contribution in [2.45, 2.75) is 18.9 Å². The summed E-state index contributed by atoms with van der Waals surface area (Å²) in [5.74, 6) is 0. The molecule has 1 aromatic carbocycles. The minimum absolute atomic E-state index is 0.536. The molecule has 2 heteroatoms. The molecule has 0 aliphatic carbocycles. The van der Waals surface area contributed by atoms with Crippen LogP contribution >= 0.6 is 11.6 Å². The fraction of sp³-hybridized carbons (Fsp3) is 0.455. The quantitative estimate of drug-likeness (QED) is 0.666. The number of likely N-dealkylation sites (tertiary alicyclic amines) is 1. The van der Waals surface area contributed by atoms with Gasteiger partial charge in [-0.05, 0) is 38.1 Å². The van der Waals surface area contributed by atoms with Crippen LogP contribution in [0.5, 0.6) is 0 Å². The number of halogens is 1. The Morgan fingerprint density at radius 1 is 1.38 bits per heavy atom. The van der Waals surface area contributed by atoms with Gasteiger partial charge >= 0.3 is 0 Å². The maximum atomic E-state index is 6.14. The third-order valence-electron chi connectivity index (χ3n) is 2.78. The van der Waals surface area contributed by atoms with E-state index in [0.717, 1.165) is 5.02 Å². The molecule has 1 heterocycles. The zero-order valence-electron chi connectivity index (χ0n) is 7.83. The Balaban J connectivity index is 2.29. The second-order valence-electron chi connectivity index (χ2n) is 3.66. The van der Waals surface area contributed by atoms with Gasteiger partial charge in [-0.2, -0.15) is 0 Å². The molecule has 1 nitrogen and oxygen atoms in total. The fourth-order valence-corrected chi connectivity index (χ4v) is 2.31. The lowest BCUT2D eigenvalue weighted by Gasteiger charge is -2.20. The molecule has 0 spiro atoms. The summed E-state index contributed by atoms with van der Waals surface area (Å²) in [7, 11) is 2.17. The number of rotatable bonds is 1. The zero-order chi connectivity index (χ0) is 9.26. The lowest BCUT2D eigenvalue weighted by atomic mass is 10.1. The third-order valence-corrected chi connectivity index (χ3v) is 3.13. The molecule has 0 saturated carbocycles. The molecule has 0 radical (unpaired) electrons. The van der Waals surface area contributed by atoms with E-state index in [-0.39, 0.29) is 0 Å². The highest BCUT2D eigenvalue weighted by molar-refractivity contribution is 6.31. The normalized spacial score (nSPS) is 23.7. The topological polar surface area (TPSA) is 3.24 Å². The van der Waals surface area contributed by atoms with Gasteiger partial charge in [0.05, 0.1) is 0 Å². The van der Waals surface area contributed by atoms with Crippen molar-refractivity contribution in [3.8, 4) is 0 Å². The third kappa shape index (κ3) is 1.72. The predicted octanol–water partition coefficient (Wildman–Crippen LogP) is 3.11. The maximum Gasteiger partial charge on any atom is 0.0453 e. The molecule has 0 aromatic heterocycles. The van der Waals surface area contributed by atoms with Gasteiger partial charge in [-0.25, -0.2) is 0 Å². The summed E-state index contributed by atoms with van der Waals surface area (Å²) in [4.78, 5) is 2.38. The molecule has 1 fully saturated rings. The second kappa shape index (κ2) is 3.69. The van der Waals surface area contributed by atoms with Gasteiger partial charge in [0.1, 0.15) is 0 Å². The van der Waals surface area contributed by atoms with Crippen LogP contribution < -0.4 is 0 Å². The van der Waals surface area contributed by atoms with Crippen LogP contribution in [0.2, 0.25) is 5.02 Å². The summed E-state index contributed by atoms with van der Waals surface area (Å²) in [6.07, 6.45) is 2.52. The molecule has 70 valence electrons. The first-order chi connectivity index (χ1) is 6.29. The number of hydrogen-bond donors (Lipinski definition) is 0. The van der Waals surface area contributed by atoms with E-state index in [1.54, 1.807) is 0 Å². The van der Waals surface area contributed by atoms with Crippen LogP contribution in [0.15, 0.2) is 24.3 Å². The van der Waals surface area contributed by atoms with Gasteiger partial charge in [-0.1, -0.05) is 29.8 Å². The average molecular weight is 196 g/mol. The lowest BCUT2D eigenvalue weighted by molar-refractivity contribution is 0.317. The van der Waals surface area contributed by atoms with E-state index in [9.17, 15) is 0 Å². The lowest BCUT2D eigenvalue weighted by Crippen LogP contribution is -2.17. The Labute approximate surface area is 84.3 Å². The summed E-state index contributed by atoms with van der Waals surface area (Å²) >= 11 is 6.14. The summed E-state index contributed by atoms with van der Waals surface area (Å²) < 4.78 is 0. The Bertz CT molecular complexity index is 298. The maximum absolute atomic E-state index is 6.14. The highest BCUT2D eigenvalue weighted by Gasteiger charge is 2.23. The summed E-state index contributed by atoms with van der Waals surface area (Å²) in [6.45, 7) is 1.19. The SMILES string of the molecule is CN1CCCC1c1ccccc1Cl. The van der Waals surface area contributed by atoms with Gasteiger partial charge in [0.2, 0.25) is 0 Å². The molecule has 1 atom stereocenters. The van der Waals surface area contributed by atoms with Crippen molar-refractivity contribution in [2.75, 3.05) is 13.6 Å². The van der Waals surface area contributed by atoms with Gasteiger partial charge in [0.25, 0.3) is 0 Å². The number of benzene rings is 1. The molecule has 0 amide bonds. The summed E-state index contributed by atoms with van der Waals surface area (Å²) in [5, 5.41) is 0.904. The Kier molecular flexibility index (Phi) is 2.56. The van der Waals surface area contributed by atoms with Crippen molar-refractivity contribution in [1.82, 2.24) is 4.90 Å². The first-order valence-electron chi connectivity index (χ1n) is 4.73. The van der Waals surface area contributed by atoms with Crippen molar-refractivity contribution >= 4 is 11.6 Å². The summed E-state index contributed by atoms with van der Waals surface area (Å²) in [5.41, 5.74) is 1.28. The molecule has 0 bridgehead atoms. The van der Waals surface area contributed by atoms with Crippen LogP contribution in [0.25, 0.3) is 0 Å². The van der Waals surface area contributed by atoms with Crippen LogP contribution in [-0.2, 0) is 0 Å². The largest absolute Gasteiger partial charge is 0.299 e. The Morgan fingerprint density at radius 3 is 2.77 bits per heavy atom. The molecule has 1 aromatic rings. The first-order valence-corrected chi connectivity index (χ1v) is 5.11. The van der Waals surface area contributed by atoms with Crippen LogP contribution in [0.3, 0.4) is 0 Å². The van der Waals surface area contributed by atoms with E-state index in [0.29, 0.717) is 6.04 Å². The van der Waals surface area contributed by atoms with E-state index in [1.165, 1.54) is 24.9 Å². The first kappa shape index (κ1) is 9.04. The monoisotopic (exact) mass is 195 g/mol. The van der Waals surface area contributed by atoms with Crippen LogP contribution in [0, 0.1) is 0 Å². The minimum atomic E-state index is 0.536. The van der Waals surface area contributed by atoms with Gasteiger partial charge in [-0.15, -0.1) is 0 Å². The van der Waals surface area contributed by atoms with Gasteiger partial charge in [0.15, 0.2) is 0 Å². The Hall–Kier alpha value is -0.530. The van der Waals surface area contributed by atoms with E-state index < -0.39 is 0 Å². The molecule has 2 rings (SSSR count). The van der Waals surface area contributed by atoms with Crippen LogP contribution in [-0.4, -0.2) is 18.5 Å². The standard InChI is InChI=1S/C11H14ClN/c1-13-8-4-7-11(13)9-5-2-3-6-10(9)12/h2-3,5-6,11H,4,7-8H2,1H3. The zero-order valence-corrected chi connectivity index (χ0v) is 8.59. The van der Waals surface area contributed by atoms with Crippen molar-refractivity contribution in [2.24, 2.45) is 0 Å². The molecule has 0 N–H and O–H groups in total. The van der Waals surface area contributed by atoms with Crippen molar-refractivity contribution in [1.29, 1.82) is 0 Å². The molecule has 1 aliphatic heterocycles. The molecule has 1 aliphatic rings. The molecule has 1 saturated heterocycles. The molecule has 1 unspecified atom stereocenters. The van der Waals surface area contributed by atoms with E-state index in [1.807, 2.05) is 12.1 Å². The smallest absolute Gasteiger partial charge is 0.0453 e. The average Bonchev–Trinajstić information content (AvgIpc) is 2.52.